The van der Waals surface area contributed by atoms with Gasteiger partial charge in [-0.15, -0.1) is 6.58 Å². The number of aliphatic hydroxyl groups is 1. The molecule has 18 heavy (non-hydrogen) atoms. The van der Waals surface area contributed by atoms with Crippen LogP contribution in [0.25, 0.3) is 0 Å². The van der Waals surface area contributed by atoms with Gasteiger partial charge in [-0.2, -0.15) is 5.26 Å². The van der Waals surface area contributed by atoms with Crippen molar-refractivity contribution in [3.63, 3.8) is 0 Å². The Labute approximate surface area is 107 Å². The van der Waals surface area contributed by atoms with Gasteiger partial charge in [0.25, 0.3) is 0 Å². The number of rotatable bonds is 2. The third-order valence-electron chi connectivity index (χ3n) is 3.84. The number of nitriles is 1. The third kappa shape index (κ3) is 2.09. The highest BCUT2D eigenvalue weighted by Gasteiger charge is 2.42. The van der Waals surface area contributed by atoms with Crippen LogP contribution in [0.3, 0.4) is 0 Å². The topological polar surface area (TPSA) is 82.9 Å². The first-order valence-corrected chi connectivity index (χ1v) is 6.03. The van der Waals surface area contributed by atoms with E-state index in [2.05, 4.69) is 17.6 Å². The molecule has 0 unspecified atom stereocenters. The Kier molecular flexibility index (Phi) is 3.10. The fraction of sp³-hybridized carbons (Fsp3) is 0.429. The molecule has 0 aliphatic heterocycles. The molecular weight excluding hydrogens is 226 g/mol. The molecule has 1 saturated carbocycles. The van der Waals surface area contributed by atoms with E-state index in [1.807, 2.05) is 0 Å². The summed E-state index contributed by atoms with van der Waals surface area (Å²) in [4.78, 5) is 4.26. The number of nitrogens with zero attached hydrogens (tertiary/aromatic N) is 2. The van der Waals surface area contributed by atoms with Crippen molar-refractivity contribution in [2.24, 2.45) is 0 Å². The first-order chi connectivity index (χ1) is 8.53. The average Bonchev–Trinajstić information content (AvgIpc) is 2.41. The molecule has 1 fully saturated rings. The molecule has 0 saturated heterocycles. The van der Waals surface area contributed by atoms with Gasteiger partial charge in [0.15, 0.2) is 0 Å². The van der Waals surface area contributed by atoms with E-state index in [0.717, 1.165) is 5.69 Å². The zero-order chi connectivity index (χ0) is 13.2. The smallest absolute Gasteiger partial charge is 0.0995 e. The second-order valence-corrected chi connectivity index (χ2v) is 4.98. The Bertz CT molecular complexity index is 479. The molecule has 4 heteroatoms. The fourth-order valence-corrected chi connectivity index (χ4v) is 2.43. The molecule has 2 rings (SSSR count). The minimum Gasteiger partial charge on any atom is -0.397 e. The predicted molar refractivity (Wildman–Crippen MR) is 69.6 cm³/mol. The van der Waals surface area contributed by atoms with Gasteiger partial charge in [0.1, 0.15) is 0 Å². The summed E-state index contributed by atoms with van der Waals surface area (Å²) in [6.45, 7) is 3.65. The van der Waals surface area contributed by atoms with Crippen molar-refractivity contribution in [2.45, 2.75) is 36.7 Å². The molecule has 1 aromatic heterocycles. The molecule has 0 bridgehead atoms. The zero-order valence-corrected chi connectivity index (χ0v) is 10.3. The predicted octanol–water partition coefficient (Wildman–Crippen LogP) is 1.92. The zero-order valence-electron chi connectivity index (χ0n) is 10.3. The van der Waals surface area contributed by atoms with Crippen molar-refractivity contribution in [3.05, 3.63) is 36.7 Å². The Hall–Kier alpha value is -1.86. The van der Waals surface area contributed by atoms with Crippen LogP contribution in [0.4, 0.5) is 5.69 Å². The van der Waals surface area contributed by atoms with E-state index in [1.54, 1.807) is 24.4 Å². The standard InChI is InChI=1S/C14H17N3O/c1-2-14(18)7-5-13(10-15,6-8-14)12-4-3-11(16)9-17-12/h2-4,9,18H,1,5-8,16H2/t13-,14-. The molecule has 0 atom stereocenters. The molecule has 0 spiro atoms. The van der Waals surface area contributed by atoms with Crippen molar-refractivity contribution in [3.8, 4) is 6.07 Å². The minimum atomic E-state index is -0.839. The quantitative estimate of drug-likeness (QED) is 0.777. The second kappa shape index (κ2) is 4.43. The molecule has 1 heterocycles. The van der Waals surface area contributed by atoms with Gasteiger partial charge in [0.2, 0.25) is 0 Å². The molecule has 4 nitrogen and oxygen atoms in total. The number of anilines is 1. The average molecular weight is 243 g/mol. The molecular formula is C14H17N3O. The SMILES string of the molecule is C=C[C@]1(O)CC[C@](C#N)(c2ccc(N)cn2)CC1. The van der Waals surface area contributed by atoms with E-state index in [4.69, 9.17) is 5.73 Å². The summed E-state index contributed by atoms with van der Waals surface area (Å²) in [6.07, 6.45) is 5.39. The van der Waals surface area contributed by atoms with Crippen molar-refractivity contribution >= 4 is 5.69 Å². The van der Waals surface area contributed by atoms with Gasteiger partial charge in [-0.25, -0.2) is 0 Å². The minimum absolute atomic E-state index is 0.538. The Morgan fingerprint density at radius 2 is 2.06 bits per heavy atom. The van der Waals surface area contributed by atoms with E-state index >= 15 is 0 Å². The van der Waals surface area contributed by atoms with Gasteiger partial charge in [0.05, 0.1) is 34.7 Å². The lowest BCUT2D eigenvalue weighted by molar-refractivity contribution is 0.0355. The molecule has 0 aromatic carbocycles. The molecule has 1 aliphatic carbocycles. The van der Waals surface area contributed by atoms with Crippen molar-refractivity contribution < 1.29 is 5.11 Å². The monoisotopic (exact) mass is 243 g/mol. The maximum Gasteiger partial charge on any atom is 0.0995 e. The number of nitrogens with two attached hydrogens (primary N) is 1. The van der Waals surface area contributed by atoms with Gasteiger partial charge >= 0.3 is 0 Å². The van der Waals surface area contributed by atoms with Crippen molar-refractivity contribution in [1.29, 1.82) is 5.26 Å². The van der Waals surface area contributed by atoms with Crippen molar-refractivity contribution in [2.75, 3.05) is 5.73 Å². The Morgan fingerprint density at radius 1 is 1.39 bits per heavy atom. The van der Waals surface area contributed by atoms with E-state index < -0.39 is 11.0 Å². The van der Waals surface area contributed by atoms with Gasteiger partial charge < -0.3 is 10.8 Å². The summed E-state index contributed by atoms with van der Waals surface area (Å²) in [5.41, 5.74) is 5.49. The van der Waals surface area contributed by atoms with Crippen LogP contribution >= 0.6 is 0 Å². The highest BCUT2D eigenvalue weighted by Crippen LogP contribution is 2.42. The van der Waals surface area contributed by atoms with E-state index in [1.165, 1.54) is 0 Å². The first-order valence-electron chi connectivity index (χ1n) is 6.03. The molecule has 1 aliphatic rings. The van der Waals surface area contributed by atoms with Crippen LogP contribution in [0.2, 0.25) is 0 Å². The van der Waals surface area contributed by atoms with Gasteiger partial charge in [-0.3, -0.25) is 4.98 Å². The van der Waals surface area contributed by atoms with Crippen LogP contribution in [-0.2, 0) is 5.41 Å². The maximum absolute atomic E-state index is 10.1. The summed E-state index contributed by atoms with van der Waals surface area (Å²) in [5, 5.41) is 19.6. The van der Waals surface area contributed by atoms with Crippen LogP contribution in [0.1, 0.15) is 31.4 Å². The lowest BCUT2D eigenvalue weighted by Crippen LogP contribution is -2.39. The summed E-state index contributed by atoms with van der Waals surface area (Å²) >= 11 is 0. The molecule has 94 valence electrons. The molecule has 3 N–H and O–H groups in total. The van der Waals surface area contributed by atoms with Crippen molar-refractivity contribution in [1.82, 2.24) is 4.98 Å². The third-order valence-corrected chi connectivity index (χ3v) is 3.84. The summed E-state index contributed by atoms with van der Waals surface area (Å²) in [5.74, 6) is 0. The Balaban J connectivity index is 2.27. The highest BCUT2D eigenvalue weighted by atomic mass is 16.3. The summed E-state index contributed by atoms with van der Waals surface area (Å²) < 4.78 is 0. The molecule has 0 radical (unpaired) electrons. The maximum atomic E-state index is 10.1. The number of nitrogen functional groups attached to an aromatic ring is 1. The number of aromatic nitrogens is 1. The van der Waals surface area contributed by atoms with Gasteiger partial charge in [-0.05, 0) is 37.8 Å². The first kappa shape index (κ1) is 12.6. The van der Waals surface area contributed by atoms with Gasteiger partial charge in [-0.1, -0.05) is 6.08 Å². The summed E-state index contributed by atoms with van der Waals surface area (Å²) in [6, 6.07) is 5.93. The number of hydrogen-bond donors (Lipinski definition) is 2. The highest BCUT2D eigenvalue weighted by molar-refractivity contribution is 5.38. The van der Waals surface area contributed by atoms with Crippen LogP contribution < -0.4 is 5.73 Å². The lowest BCUT2D eigenvalue weighted by atomic mass is 9.67. The fourth-order valence-electron chi connectivity index (χ4n) is 2.43. The van der Waals surface area contributed by atoms with E-state index in [9.17, 15) is 10.4 Å². The van der Waals surface area contributed by atoms with Crippen LogP contribution in [0.5, 0.6) is 0 Å². The number of pyridine rings is 1. The van der Waals surface area contributed by atoms with E-state index in [-0.39, 0.29) is 0 Å². The second-order valence-electron chi connectivity index (χ2n) is 4.98. The lowest BCUT2D eigenvalue weighted by Gasteiger charge is -2.38. The normalized spacial score (nSPS) is 31.6. The largest absolute Gasteiger partial charge is 0.397 e. The molecule has 1 aromatic rings. The summed E-state index contributed by atoms with van der Waals surface area (Å²) in [7, 11) is 0. The van der Waals surface area contributed by atoms with Gasteiger partial charge in [0, 0.05) is 0 Å². The number of hydrogen-bond acceptors (Lipinski definition) is 4. The Morgan fingerprint density at radius 3 is 2.50 bits per heavy atom. The molecule has 0 amide bonds. The van der Waals surface area contributed by atoms with Crippen LogP contribution in [0.15, 0.2) is 31.0 Å². The van der Waals surface area contributed by atoms with E-state index in [0.29, 0.717) is 31.4 Å². The van der Waals surface area contributed by atoms with Crippen LogP contribution in [-0.4, -0.2) is 15.7 Å². The van der Waals surface area contributed by atoms with Crippen LogP contribution in [0, 0.1) is 11.3 Å².